The standard InChI is InChI=1S/C20H15ClF6N2O2/c21-15-6-13(5-14(7-15)19(22,23)24)18(20(25,26)27)8-16(29-31-18)11-1-3-12(4-2-11)17(30)9-28-10-17/h1-7,28,30H,8-10H2. The molecule has 31 heavy (non-hydrogen) atoms. The van der Waals surface area contributed by atoms with Gasteiger partial charge in [0.15, 0.2) is 0 Å². The minimum absolute atomic E-state index is 0.0869. The third kappa shape index (κ3) is 3.77. The smallest absolute Gasteiger partial charge is 0.382 e. The molecule has 166 valence electrons. The molecule has 0 aliphatic carbocycles. The highest BCUT2D eigenvalue weighted by Gasteiger charge is 2.62. The van der Waals surface area contributed by atoms with Crippen LogP contribution in [0.2, 0.25) is 5.02 Å². The third-order valence-corrected chi connectivity index (χ3v) is 5.69. The molecule has 1 fully saturated rings. The van der Waals surface area contributed by atoms with E-state index < -0.39 is 46.1 Å². The summed E-state index contributed by atoms with van der Waals surface area (Å²) in [7, 11) is 0. The molecule has 2 aromatic carbocycles. The van der Waals surface area contributed by atoms with Crippen LogP contribution in [0, 0.1) is 0 Å². The van der Waals surface area contributed by atoms with Crippen LogP contribution in [0.15, 0.2) is 47.6 Å². The van der Waals surface area contributed by atoms with Gasteiger partial charge in [0, 0.05) is 30.1 Å². The zero-order valence-corrected chi connectivity index (χ0v) is 16.4. The van der Waals surface area contributed by atoms with E-state index in [0.717, 1.165) is 6.07 Å². The lowest BCUT2D eigenvalue weighted by atomic mass is 9.84. The number of benzene rings is 2. The first-order chi connectivity index (χ1) is 14.3. The summed E-state index contributed by atoms with van der Waals surface area (Å²) >= 11 is 5.69. The summed E-state index contributed by atoms with van der Waals surface area (Å²) in [5.41, 5.74) is -5.47. The van der Waals surface area contributed by atoms with Gasteiger partial charge in [0.1, 0.15) is 5.60 Å². The Morgan fingerprint density at radius 2 is 1.61 bits per heavy atom. The molecule has 2 N–H and O–H groups in total. The van der Waals surface area contributed by atoms with Gasteiger partial charge in [0.25, 0.3) is 5.60 Å². The van der Waals surface area contributed by atoms with E-state index in [-0.39, 0.29) is 5.71 Å². The minimum atomic E-state index is -5.07. The Balaban J connectivity index is 1.68. The van der Waals surface area contributed by atoms with Crippen LogP contribution < -0.4 is 5.32 Å². The number of alkyl halides is 6. The van der Waals surface area contributed by atoms with Crippen molar-refractivity contribution in [2.24, 2.45) is 5.16 Å². The fourth-order valence-electron chi connectivity index (χ4n) is 3.58. The van der Waals surface area contributed by atoms with Gasteiger partial charge in [-0.25, -0.2) is 0 Å². The predicted molar refractivity (Wildman–Crippen MR) is 99.6 cm³/mol. The Morgan fingerprint density at radius 1 is 0.968 bits per heavy atom. The summed E-state index contributed by atoms with van der Waals surface area (Å²) in [6.07, 6.45) is -10.8. The number of oxime groups is 1. The summed E-state index contributed by atoms with van der Waals surface area (Å²) in [5.74, 6) is 0. The van der Waals surface area contributed by atoms with Crippen molar-refractivity contribution in [1.29, 1.82) is 0 Å². The first-order valence-corrected chi connectivity index (χ1v) is 9.46. The molecule has 2 aromatic rings. The van der Waals surface area contributed by atoms with Crippen molar-refractivity contribution in [3.63, 3.8) is 0 Å². The normalized spacial score (nSPS) is 23.2. The highest BCUT2D eigenvalue weighted by Crippen LogP contribution is 2.50. The molecule has 0 bridgehead atoms. The van der Waals surface area contributed by atoms with Crippen molar-refractivity contribution in [3.05, 3.63) is 69.7 Å². The van der Waals surface area contributed by atoms with Gasteiger partial charge in [0.2, 0.25) is 0 Å². The molecule has 0 aromatic heterocycles. The fourth-order valence-corrected chi connectivity index (χ4v) is 3.82. The molecule has 0 saturated carbocycles. The molecule has 1 atom stereocenters. The van der Waals surface area contributed by atoms with E-state index in [4.69, 9.17) is 16.4 Å². The molecule has 4 nitrogen and oxygen atoms in total. The molecule has 2 aliphatic heterocycles. The Labute approximate surface area is 177 Å². The lowest BCUT2D eigenvalue weighted by Crippen LogP contribution is -2.56. The van der Waals surface area contributed by atoms with Gasteiger partial charge >= 0.3 is 12.4 Å². The molecule has 2 aliphatic rings. The lowest BCUT2D eigenvalue weighted by Gasteiger charge is -2.38. The lowest BCUT2D eigenvalue weighted by molar-refractivity contribution is -0.276. The molecule has 0 spiro atoms. The number of halogens is 7. The van der Waals surface area contributed by atoms with Gasteiger partial charge in [0.05, 0.1) is 11.3 Å². The maximum absolute atomic E-state index is 14.1. The van der Waals surface area contributed by atoms with Crippen LogP contribution >= 0.6 is 11.6 Å². The van der Waals surface area contributed by atoms with E-state index in [0.29, 0.717) is 36.3 Å². The maximum atomic E-state index is 14.1. The second-order valence-corrected chi connectivity index (χ2v) is 8.01. The molecule has 0 radical (unpaired) electrons. The van der Waals surface area contributed by atoms with Crippen LogP contribution in [-0.4, -0.2) is 30.1 Å². The summed E-state index contributed by atoms with van der Waals surface area (Å²) in [6, 6.07) is 7.81. The highest BCUT2D eigenvalue weighted by molar-refractivity contribution is 6.30. The van der Waals surface area contributed by atoms with Crippen LogP contribution in [0.5, 0.6) is 0 Å². The topological polar surface area (TPSA) is 53.9 Å². The monoisotopic (exact) mass is 464 g/mol. The van der Waals surface area contributed by atoms with Crippen LogP contribution in [0.25, 0.3) is 0 Å². The second-order valence-electron chi connectivity index (χ2n) is 7.57. The van der Waals surface area contributed by atoms with Crippen molar-refractivity contribution < 1.29 is 36.3 Å². The number of hydrogen-bond donors (Lipinski definition) is 2. The Hall–Kier alpha value is -2.30. The molecular formula is C20H15ClF6N2O2. The molecule has 11 heteroatoms. The van der Waals surface area contributed by atoms with Gasteiger partial charge in [-0.3, -0.25) is 0 Å². The van der Waals surface area contributed by atoms with Crippen molar-refractivity contribution in [2.75, 3.05) is 13.1 Å². The van der Waals surface area contributed by atoms with Crippen molar-refractivity contribution in [1.82, 2.24) is 5.32 Å². The second kappa shape index (κ2) is 7.11. The number of rotatable bonds is 3. The van der Waals surface area contributed by atoms with E-state index in [9.17, 15) is 31.4 Å². The van der Waals surface area contributed by atoms with Gasteiger partial charge in [-0.15, -0.1) is 0 Å². The summed E-state index contributed by atoms with van der Waals surface area (Å²) < 4.78 is 81.6. The fraction of sp³-hybridized carbons (Fsp3) is 0.350. The Bertz CT molecular complexity index is 1030. The molecule has 0 amide bonds. The van der Waals surface area contributed by atoms with E-state index >= 15 is 0 Å². The maximum Gasteiger partial charge on any atom is 0.435 e. The molecule has 1 saturated heterocycles. The molecule has 1 unspecified atom stereocenters. The number of nitrogens with one attached hydrogen (secondary N) is 1. The van der Waals surface area contributed by atoms with E-state index in [2.05, 4.69) is 10.5 Å². The summed E-state index contributed by atoms with van der Waals surface area (Å²) in [4.78, 5) is 4.79. The van der Waals surface area contributed by atoms with E-state index in [1.807, 2.05) is 0 Å². The number of β-amino-alcohol motifs (C(OH)–C–C–N with tert-alkyl or cyclic N) is 1. The third-order valence-electron chi connectivity index (χ3n) is 5.47. The molecular weight excluding hydrogens is 450 g/mol. The first-order valence-electron chi connectivity index (χ1n) is 9.08. The predicted octanol–water partition coefficient (Wildman–Crippen LogP) is 4.73. The SMILES string of the molecule is OC1(c2ccc(C3=NOC(c4cc(Cl)cc(C(F)(F)F)c4)(C(F)(F)F)C3)cc2)CNC1. The number of hydrogen-bond acceptors (Lipinski definition) is 4. The van der Waals surface area contributed by atoms with Gasteiger partial charge in [-0.1, -0.05) is 41.0 Å². The van der Waals surface area contributed by atoms with Crippen LogP contribution in [0.1, 0.15) is 28.7 Å². The largest absolute Gasteiger partial charge is 0.435 e. The average molecular weight is 465 g/mol. The first kappa shape index (κ1) is 21.9. The van der Waals surface area contributed by atoms with Crippen molar-refractivity contribution >= 4 is 17.3 Å². The number of aliphatic hydroxyl groups is 1. The zero-order valence-electron chi connectivity index (χ0n) is 15.6. The Kier molecular flexibility index (Phi) is 5.03. The molecule has 4 rings (SSSR count). The van der Waals surface area contributed by atoms with Gasteiger partial charge < -0.3 is 15.3 Å². The quantitative estimate of drug-likeness (QED) is 0.646. The molecule has 2 heterocycles. The van der Waals surface area contributed by atoms with Gasteiger partial charge in [-0.05, 0) is 29.3 Å². The summed E-state index contributed by atoms with van der Waals surface area (Å²) in [6.45, 7) is 0.702. The average Bonchev–Trinajstić information content (AvgIpc) is 3.12. The zero-order chi connectivity index (χ0) is 22.7. The van der Waals surface area contributed by atoms with Gasteiger partial charge in [-0.2, -0.15) is 26.3 Å². The Morgan fingerprint density at radius 3 is 2.13 bits per heavy atom. The van der Waals surface area contributed by atoms with Crippen molar-refractivity contribution in [2.45, 2.75) is 30.0 Å². The van der Waals surface area contributed by atoms with Crippen LogP contribution in [0.4, 0.5) is 26.3 Å². The van der Waals surface area contributed by atoms with Crippen LogP contribution in [-0.2, 0) is 22.2 Å². The number of nitrogens with zero attached hydrogens (tertiary/aromatic N) is 1. The van der Waals surface area contributed by atoms with Crippen LogP contribution in [0.3, 0.4) is 0 Å². The van der Waals surface area contributed by atoms with Crippen molar-refractivity contribution in [3.8, 4) is 0 Å². The highest BCUT2D eigenvalue weighted by atomic mass is 35.5. The summed E-state index contributed by atoms with van der Waals surface area (Å²) in [5, 5.41) is 16.3. The minimum Gasteiger partial charge on any atom is -0.382 e. The van der Waals surface area contributed by atoms with E-state index in [1.54, 1.807) is 12.1 Å². The van der Waals surface area contributed by atoms with E-state index in [1.165, 1.54) is 12.1 Å².